The van der Waals surface area contributed by atoms with E-state index in [0.29, 0.717) is 32.7 Å². The smallest absolute Gasteiger partial charge is 0.241 e. The van der Waals surface area contributed by atoms with E-state index in [1.807, 2.05) is 6.92 Å². The average molecular weight is 304 g/mol. The summed E-state index contributed by atoms with van der Waals surface area (Å²) >= 11 is 0. The molecule has 0 bridgehead atoms. The van der Waals surface area contributed by atoms with E-state index >= 15 is 0 Å². The van der Waals surface area contributed by atoms with Crippen molar-refractivity contribution < 1.29 is 17.9 Å². The highest BCUT2D eigenvalue weighted by atomic mass is 32.2. The second kappa shape index (κ2) is 6.41. The first-order chi connectivity index (χ1) is 9.43. The van der Waals surface area contributed by atoms with Crippen molar-refractivity contribution in [3.63, 3.8) is 0 Å². The predicted octanol–water partition coefficient (Wildman–Crippen LogP) is 0.438. The number of piperidine rings is 1. The predicted molar refractivity (Wildman–Crippen MR) is 75.8 cm³/mol. The number of nitrogens with zero attached hydrogens (tertiary/aromatic N) is 2. The molecule has 0 aromatic rings. The molecular formula is C13H24N2O4S. The number of amides is 1. The van der Waals surface area contributed by atoms with Crippen LogP contribution in [0, 0.1) is 0 Å². The molecule has 0 N–H and O–H groups in total. The summed E-state index contributed by atoms with van der Waals surface area (Å²) in [5, 5.41) is 0. The van der Waals surface area contributed by atoms with Gasteiger partial charge in [0.15, 0.2) is 0 Å². The number of carbonyl (C=O) groups is 1. The van der Waals surface area contributed by atoms with Crippen LogP contribution in [0.3, 0.4) is 0 Å². The SMILES string of the molecule is CC[C@@H]1CN(C(=O)[C@H]2CCCCN2S(C)(=O)=O)CCO1. The number of morpholine rings is 1. The van der Waals surface area contributed by atoms with Gasteiger partial charge in [-0.1, -0.05) is 13.3 Å². The molecule has 2 heterocycles. The van der Waals surface area contributed by atoms with Crippen LogP contribution in [0.5, 0.6) is 0 Å². The highest BCUT2D eigenvalue weighted by molar-refractivity contribution is 7.88. The Morgan fingerprint density at radius 1 is 1.30 bits per heavy atom. The normalized spacial score (nSPS) is 29.4. The topological polar surface area (TPSA) is 66.9 Å². The molecule has 0 saturated carbocycles. The van der Waals surface area contributed by atoms with Crippen molar-refractivity contribution in [2.75, 3.05) is 32.5 Å². The molecule has 2 fully saturated rings. The summed E-state index contributed by atoms with van der Waals surface area (Å²) in [4.78, 5) is 14.4. The van der Waals surface area contributed by atoms with Gasteiger partial charge in [0.05, 0.1) is 19.0 Å². The van der Waals surface area contributed by atoms with Gasteiger partial charge in [0.2, 0.25) is 15.9 Å². The van der Waals surface area contributed by atoms with Crippen LogP contribution in [0.15, 0.2) is 0 Å². The minimum Gasteiger partial charge on any atom is -0.375 e. The van der Waals surface area contributed by atoms with Crippen molar-refractivity contribution in [1.82, 2.24) is 9.21 Å². The van der Waals surface area contributed by atoms with Crippen LogP contribution in [-0.4, -0.2) is 68.2 Å². The fraction of sp³-hybridized carbons (Fsp3) is 0.923. The number of carbonyl (C=O) groups excluding carboxylic acids is 1. The minimum absolute atomic E-state index is 0.0584. The second-order valence-corrected chi connectivity index (χ2v) is 7.51. The van der Waals surface area contributed by atoms with Crippen molar-refractivity contribution >= 4 is 15.9 Å². The zero-order chi connectivity index (χ0) is 14.8. The van der Waals surface area contributed by atoms with Crippen LogP contribution in [0.4, 0.5) is 0 Å². The molecule has 2 saturated heterocycles. The van der Waals surface area contributed by atoms with E-state index in [1.165, 1.54) is 10.6 Å². The lowest BCUT2D eigenvalue weighted by molar-refractivity contribution is -0.143. The van der Waals surface area contributed by atoms with E-state index < -0.39 is 16.1 Å². The first kappa shape index (κ1) is 15.7. The summed E-state index contributed by atoms with van der Waals surface area (Å²) in [5.41, 5.74) is 0. The van der Waals surface area contributed by atoms with Gasteiger partial charge in [-0.3, -0.25) is 4.79 Å². The Morgan fingerprint density at radius 2 is 2.05 bits per heavy atom. The van der Waals surface area contributed by atoms with Crippen molar-refractivity contribution in [2.45, 2.75) is 44.8 Å². The third kappa shape index (κ3) is 3.51. The fourth-order valence-electron chi connectivity index (χ4n) is 2.93. The molecular weight excluding hydrogens is 280 g/mol. The second-order valence-electron chi connectivity index (χ2n) is 5.57. The quantitative estimate of drug-likeness (QED) is 0.759. The van der Waals surface area contributed by atoms with Gasteiger partial charge in [0.25, 0.3) is 0 Å². The first-order valence-electron chi connectivity index (χ1n) is 7.30. The zero-order valence-corrected chi connectivity index (χ0v) is 13.1. The number of ether oxygens (including phenoxy) is 1. The van der Waals surface area contributed by atoms with Gasteiger partial charge in [-0.05, 0) is 19.3 Å². The van der Waals surface area contributed by atoms with Gasteiger partial charge in [0, 0.05) is 19.6 Å². The standard InChI is InChI=1S/C13H24N2O4S/c1-3-11-10-14(8-9-19-11)13(16)12-6-4-5-7-15(12)20(2,17)18/h11-12H,3-10H2,1-2H3/t11-,12-/m1/s1. The summed E-state index contributed by atoms with van der Waals surface area (Å²) in [6.07, 6.45) is 4.49. The number of hydrogen-bond donors (Lipinski definition) is 0. The Balaban J connectivity index is 2.09. The first-order valence-corrected chi connectivity index (χ1v) is 9.15. The van der Waals surface area contributed by atoms with Crippen LogP contribution in [-0.2, 0) is 19.6 Å². The van der Waals surface area contributed by atoms with Crippen LogP contribution in [0.2, 0.25) is 0 Å². The minimum atomic E-state index is -3.32. The Labute approximate surface area is 121 Å². The van der Waals surface area contributed by atoms with Crippen molar-refractivity contribution in [3.8, 4) is 0 Å². The Hall–Kier alpha value is -0.660. The third-order valence-electron chi connectivity index (χ3n) is 4.07. The zero-order valence-electron chi connectivity index (χ0n) is 12.2. The molecule has 0 aliphatic carbocycles. The summed E-state index contributed by atoms with van der Waals surface area (Å²) in [5.74, 6) is -0.0584. The van der Waals surface area contributed by atoms with Crippen LogP contribution >= 0.6 is 0 Å². The maximum absolute atomic E-state index is 12.6. The van der Waals surface area contributed by atoms with Gasteiger partial charge in [-0.25, -0.2) is 8.42 Å². The molecule has 1 amide bonds. The van der Waals surface area contributed by atoms with E-state index in [2.05, 4.69) is 0 Å². The van der Waals surface area contributed by atoms with E-state index in [9.17, 15) is 13.2 Å². The van der Waals surface area contributed by atoms with Crippen LogP contribution in [0.25, 0.3) is 0 Å². The van der Waals surface area contributed by atoms with Gasteiger partial charge in [-0.2, -0.15) is 4.31 Å². The van der Waals surface area contributed by atoms with E-state index in [-0.39, 0.29) is 12.0 Å². The lowest BCUT2D eigenvalue weighted by atomic mass is 10.0. The summed E-state index contributed by atoms with van der Waals surface area (Å²) in [7, 11) is -3.32. The highest BCUT2D eigenvalue weighted by Crippen LogP contribution is 2.22. The third-order valence-corrected chi connectivity index (χ3v) is 5.36. The van der Waals surface area contributed by atoms with Gasteiger partial charge >= 0.3 is 0 Å². The van der Waals surface area contributed by atoms with Crippen molar-refractivity contribution in [2.24, 2.45) is 0 Å². The van der Waals surface area contributed by atoms with E-state index in [4.69, 9.17) is 4.74 Å². The molecule has 0 aromatic carbocycles. The molecule has 0 aromatic heterocycles. The van der Waals surface area contributed by atoms with E-state index in [0.717, 1.165) is 19.3 Å². The molecule has 2 aliphatic rings. The molecule has 7 heteroatoms. The number of hydrogen-bond acceptors (Lipinski definition) is 4. The van der Waals surface area contributed by atoms with Crippen molar-refractivity contribution in [1.29, 1.82) is 0 Å². The van der Waals surface area contributed by atoms with Gasteiger partial charge < -0.3 is 9.64 Å². The lowest BCUT2D eigenvalue weighted by Crippen LogP contribution is -2.56. The van der Waals surface area contributed by atoms with E-state index in [1.54, 1.807) is 4.90 Å². The highest BCUT2D eigenvalue weighted by Gasteiger charge is 2.37. The Morgan fingerprint density at radius 3 is 2.70 bits per heavy atom. The molecule has 0 unspecified atom stereocenters. The molecule has 20 heavy (non-hydrogen) atoms. The molecule has 2 rings (SSSR count). The van der Waals surface area contributed by atoms with Crippen molar-refractivity contribution in [3.05, 3.63) is 0 Å². The number of rotatable bonds is 3. The molecule has 6 nitrogen and oxygen atoms in total. The summed E-state index contributed by atoms with van der Waals surface area (Å²) in [6, 6.07) is -0.519. The Bertz CT molecular complexity index is 451. The van der Waals surface area contributed by atoms with Crippen LogP contribution in [0.1, 0.15) is 32.6 Å². The molecule has 0 spiro atoms. The largest absolute Gasteiger partial charge is 0.375 e. The van der Waals surface area contributed by atoms with Crippen LogP contribution < -0.4 is 0 Å². The molecule has 2 aliphatic heterocycles. The maximum Gasteiger partial charge on any atom is 0.241 e. The average Bonchev–Trinajstić information content (AvgIpc) is 2.45. The summed E-state index contributed by atoms with van der Waals surface area (Å²) < 4.78 is 30.6. The molecule has 116 valence electrons. The fourth-order valence-corrected chi connectivity index (χ4v) is 4.04. The summed E-state index contributed by atoms with van der Waals surface area (Å²) in [6.45, 7) is 4.15. The Kier molecular flexibility index (Phi) is 5.04. The maximum atomic E-state index is 12.6. The van der Waals surface area contributed by atoms with Gasteiger partial charge in [0.1, 0.15) is 6.04 Å². The monoisotopic (exact) mass is 304 g/mol. The van der Waals surface area contributed by atoms with Gasteiger partial charge in [-0.15, -0.1) is 0 Å². The molecule has 2 atom stereocenters. The lowest BCUT2D eigenvalue weighted by Gasteiger charge is -2.39. The molecule has 0 radical (unpaired) electrons. The number of sulfonamides is 1.